The van der Waals surface area contributed by atoms with Crippen LogP contribution in [0.2, 0.25) is 0 Å². The molecule has 0 bridgehead atoms. The lowest BCUT2D eigenvalue weighted by Gasteiger charge is -2.17. The summed E-state index contributed by atoms with van der Waals surface area (Å²) in [6.45, 7) is 1.49. The number of ether oxygens (including phenoxy) is 1. The van der Waals surface area contributed by atoms with Gasteiger partial charge in [0.1, 0.15) is 6.35 Å². The van der Waals surface area contributed by atoms with E-state index in [2.05, 4.69) is 23.6 Å². The van der Waals surface area contributed by atoms with Crippen molar-refractivity contribution in [2.75, 3.05) is 18.7 Å². The number of rotatable bonds is 10. The first-order chi connectivity index (χ1) is 13.7. The normalized spacial score (nSPS) is 17.0. The Balaban J connectivity index is 2.00. The molecule has 0 amide bonds. The number of nitrogens with one attached hydrogen (secondary N) is 1. The second-order valence-corrected chi connectivity index (χ2v) is 10.4. The number of nitrogen functional groups attached to an aromatic ring is 1. The van der Waals surface area contributed by atoms with Crippen LogP contribution in [-0.2, 0) is 33.6 Å². The van der Waals surface area contributed by atoms with Crippen LogP contribution in [0.3, 0.4) is 0 Å². The predicted octanol–water partition coefficient (Wildman–Crippen LogP) is 0.0339. The number of H-pyrrole nitrogens is 1. The number of nitrogens with zero attached hydrogens (tertiary/aromatic N) is 3. The third-order valence-corrected chi connectivity index (χ3v) is 7.29. The van der Waals surface area contributed by atoms with E-state index in [0.717, 1.165) is 0 Å². The standard InChI is InChI=1S/C11H18N5O11P3/c1-2-7(3-16-5-13-8-9(16)14-11(12)15-10(8)17)4-25-6-28(18,19)26-30(23,24)27-29(20,21)22/h2,5H,3-4,6H2,1H3,(H,18,19)(H,23,24)(H2,20,21,22)(H3,12,14,15,17)/b7-2+. The molecule has 0 saturated carbocycles. The summed E-state index contributed by atoms with van der Waals surface area (Å²) in [5.74, 6) is -0.114. The Labute approximate surface area is 167 Å². The zero-order chi connectivity index (χ0) is 22.7. The molecule has 2 aromatic rings. The van der Waals surface area contributed by atoms with Gasteiger partial charge in [-0.05, 0) is 12.5 Å². The first kappa shape index (κ1) is 24.6. The smallest absolute Gasteiger partial charge is 0.369 e. The summed E-state index contributed by atoms with van der Waals surface area (Å²) in [5.41, 5.74) is 5.75. The van der Waals surface area contributed by atoms with Crippen LogP contribution < -0.4 is 11.3 Å². The highest BCUT2D eigenvalue weighted by atomic mass is 31.3. The van der Waals surface area contributed by atoms with Gasteiger partial charge in [-0.3, -0.25) is 14.3 Å². The van der Waals surface area contributed by atoms with Crippen molar-refractivity contribution in [3.05, 3.63) is 28.3 Å². The van der Waals surface area contributed by atoms with E-state index >= 15 is 0 Å². The predicted molar refractivity (Wildman–Crippen MR) is 101 cm³/mol. The van der Waals surface area contributed by atoms with Gasteiger partial charge in [0, 0.05) is 6.54 Å². The molecule has 30 heavy (non-hydrogen) atoms. The first-order valence-corrected chi connectivity index (χ1v) is 12.6. The number of aromatic amines is 1. The number of hydrogen-bond acceptors (Lipinski definition) is 10. The van der Waals surface area contributed by atoms with Crippen LogP contribution in [0.15, 0.2) is 22.8 Å². The van der Waals surface area contributed by atoms with Gasteiger partial charge in [0.2, 0.25) is 5.95 Å². The number of nitrogens with two attached hydrogens (primary N) is 1. The molecule has 2 unspecified atom stereocenters. The summed E-state index contributed by atoms with van der Waals surface area (Å²) in [6, 6.07) is 0. The summed E-state index contributed by atoms with van der Waals surface area (Å²) in [4.78, 5) is 57.6. The fourth-order valence-electron chi connectivity index (χ4n) is 2.15. The van der Waals surface area contributed by atoms with Crippen molar-refractivity contribution in [2.24, 2.45) is 0 Å². The Bertz CT molecular complexity index is 1150. The lowest BCUT2D eigenvalue weighted by atomic mass is 10.2. The monoisotopic (exact) mass is 489 g/mol. The van der Waals surface area contributed by atoms with E-state index in [1.807, 2.05) is 0 Å². The minimum Gasteiger partial charge on any atom is -0.369 e. The lowest BCUT2D eigenvalue weighted by molar-refractivity contribution is 0.168. The van der Waals surface area contributed by atoms with Crippen molar-refractivity contribution in [3.8, 4) is 0 Å². The van der Waals surface area contributed by atoms with Crippen molar-refractivity contribution < 1.29 is 46.6 Å². The number of fused-ring (bicyclic) bond motifs is 1. The molecule has 0 aliphatic heterocycles. The Kier molecular flexibility index (Phi) is 7.54. The van der Waals surface area contributed by atoms with Gasteiger partial charge in [0.05, 0.1) is 12.9 Å². The number of anilines is 1. The van der Waals surface area contributed by atoms with Crippen LogP contribution in [0.5, 0.6) is 0 Å². The number of phosphoric acid groups is 2. The Morgan fingerprint density at radius 2 is 1.93 bits per heavy atom. The quantitative estimate of drug-likeness (QED) is 0.190. The average molecular weight is 489 g/mol. The van der Waals surface area contributed by atoms with Crippen LogP contribution in [0.4, 0.5) is 5.95 Å². The highest BCUT2D eigenvalue weighted by Gasteiger charge is 2.39. The molecule has 0 spiro atoms. The zero-order valence-corrected chi connectivity index (χ0v) is 17.9. The van der Waals surface area contributed by atoms with Crippen LogP contribution in [0, 0.1) is 0 Å². The Morgan fingerprint density at radius 1 is 1.27 bits per heavy atom. The molecule has 0 fully saturated rings. The fourth-order valence-corrected chi connectivity index (χ4v) is 5.42. The maximum absolute atomic E-state index is 11.8. The van der Waals surface area contributed by atoms with E-state index in [1.54, 1.807) is 13.0 Å². The second kappa shape index (κ2) is 9.20. The number of hydrogen-bond donors (Lipinski definition) is 6. The number of imidazole rings is 1. The molecule has 0 aliphatic rings. The molecule has 168 valence electrons. The van der Waals surface area contributed by atoms with Crippen LogP contribution in [0.1, 0.15) is 6.92 Å². The van der Waals surface area contributed by atoms with Crippen molar-refractivity contribution in [1.82, 2.24) is 19.5 Å². The molecular weight excluding hydrogens is 471 g/mol. The first-order valence-electron chi connectivity index (χ1n) is 7.76. The van der Waals surface area contributed by atoms with Gasteiger partial charge in [0.25, 0.3) is 5.56 Å². The van der Waals surface area contributed by atoms with E-state index in [9.17, 15) is 23.4 Å². The number of aromatic nitrogens is 4. The summed E-state index contributed by atoms with van der Waals surface area (Å²) < 4.78 is 47.5. The van der Waals surface area contributed by atoms with Gasteiger partial charge >= 0.3 is 23.2 Å². The molecule has 0 radical (unpaired) electrons. The SMILES string of the molecule is C/C=C(/COCP(=O)(O)OP(=O)(O)OP(=O)(O)O)Cn1cnc2c(=O)[nH]c(N)nc21. The minimum atomic E-state index is -5.53. The maximum Gasteiger partial charge on any atom is 0.488 e. The van der Waals surface area contributed by atoms with Gasteiger partial charge in [-0.2, -0.15) is 9.29 Å². The molecule has 19 heteroatoms. The molecular formula is C11H18N5O11P3. The van der Waals surface area contributed by atoms with Crippen LogP contribution in [0.25, 0.3) is 11.2 Å². The van der Waals surface area contributed by atoms with E-state index in [-0.39, 0.29) is 30.3 Å². The molecule has 0 aromatic carbocycles. The highest BCUT2D eigenvalue weighted by molar-refractivity contribution is 7.68. The Morgan fingerprint density at radius 3 is 2.53 bits per heavy atom. The molecule has 16 nitrogen and oxygen atoms in total. The molecule has 0 aliphatic carbocycles. The van der Waals surface area contributed by atoms with Gasteiger partial charge in [-0.1, -0.05) is 6.08 Å². The molecule has 0 saturated heterocycles. The van der Waals surface area contributed by atoms with E-state index in [1.165, 1.54) is 10.9 Å². The van der Waals surface area contributed by atoms with Crippen LogP contribution >= 0.6 is 23.2 Å². The maximum atomic E-state index is 11.8. The third kappa shape index (κ3) is 7.22. The van der Waals surface area contributed by atoms with Gasteiger partial charge in [0.15, 0.2) is 11.2 Å². The average Bonchev–Trinajstić information content (AvgIpc) is 2.93. The topological polar surface area (TPSA) is 249 Å². The molecule has 2 rings (SSSR count). The van der Waals surface area contributed by atoms with E-state index < -0.39 is 35.1 Å². The van der Waals surface area contributed by atoms with Gasteiger partial charge in [-0.15, -0.1) is 0 Å². The van der Waals surface area contributed by atoms with Crippen LogP contribution in [-0.4, -0.2) is 52.0 Å². The highest BCUT2D eigenvalue weighted by Crippen LogP contribution is 2.65. The summed E-state index contributed by atoms with van der Waals surface area (Å²) in [6.07, 6.45) is 1.84. The van der Waals surface area contributed by atoms with E-state index in [0.29, 0.717) is 5.57 Å². The fraction of sp³-hybridized carbons (Fsp3) is 0.364. The molecule has 2 aromatic heterocycles. The zero-order valence-electron chi connectivity index (χ0n) is 15.2. The summed E-state index contributed by atoms with van der Waals surface area (Å²) >= 11 is 0. The minimum absolute atomic E-state index is 0.0533. The lowest BCUT2D eigenvalue weighted by Crippen LogP contribution is -2.13. The third-order valence-electron chi connectivity index (χ3n) is 3.26. The molecule has 2 atom stereocenters. The second-order valence-electron chi connectivity index (χ2n) is 5.68. The van der Waals surface area contributed by atoms with Gasteiger partial charge < -0.3 is 34.6 Å². The van der Waals surface area contributed by atoms with Crippen molar-refractivity contribution in [2.45, 2.75) is 13.5 Å². The van der Waals surface area contributed by atoms with E-state index in [4.69, 9.17) is 25.2 Å². The molecule has 7 N–H and O–H groups in total. The van der Waals surface area contributed by atoms with Crippen molar-refractivity contribution in [3.63, 3.8) is 0 Å². The summed E-state index contributed by atoms with van der Waals surface area (Å²) in [5, 5.41) is 0. The van der Waals surface area contributed by atoms with Gasteiger partial charge in [-0.25, -0.2) is 18.4 Å². The molecule has 2 heterocycles. The van der Waals surface area contributed by atoms with Crippen molar-refractivity contribution >= 4 is 40.4 Å². The Hall–Kier alpha value is -1.70. The number of allylic oxidation sites excluding steroid dienone is 1. The van der Waals surface area contributed by atoms with Crippen molar-refractivity contribution in [1.29, 1.82) is 0 Å². The summed E-state index contributed by atoms with van der Waals surface area (Å²) in [7, 11) is -15.9. The largest absolute Gasteiger partial charge is 0.488 e.